The number of rotatable bonds is 1. The minimum absolute atomic E-state index is 0.0671. The molecule has 0 amide bonds. The van der Waals surface area contributed by atoms with Crippen molar-refractivity contribution in [3.63, 3.8) is 0 Å². The quantitative estimate of drug-likeness (QED) is 0.239. The zero-order valence-corrected chi connectivity index (χ0v) is 25.8. The number of nitrogens with zero attached hydrogens (tertiary/aromatic N) is 2. The second kappa shape index (κ2) is 8.52. The Morgan fingerprint density at radius 2 is 1.20 bits per heavy atom. The van der Waals surface area contributed by atoms with E-state index in [-0.39, 0.29) is 17.0 Å². The van der Waals surface area contributed by atoms with Gasteiger partial charge in [-0.2, -0.15) is 0 Å². The van der Waals surface area contributed by atoms with Crippen molar-refractivity contribution in [3.05, 3.63) is 106 Å². The van der Waals surface area contributed by atoms with Gasteiger partial charge < -0.3 is 14.5 Å². The number of ether oxygens (including phenoxy) is 1. The lowest BCUT2D eigenvalue weighted by molar-refractivity contribution is 0.233. The molecule has 3 aliphatic rings. The molecule has 0 aromatic heterocycles. The number of hydrogen-bond donors (Lipinski definition) is 0. The first-order chi connectivity index (χ1) is 19.5. The van der Waals surface area contributed by atoms with Gasteiger partial charge in [-0.1, -0.05) is 88.4 Å². The lowest BCUT2D eigenvalue weighted by atomic mass is 9.58. The maximum absolute atomic E-state index is 5.95. The number of fused-ring (bicyclic) bond motifs is 11. The van der Waals surface area contributed by atoms with Gasteiger partial charge in [0.25, 0.3) is 0 Å². The Hall–Kier alpha value is -3.98. The van der Waals surface area contributed by atoms with Crippen molar-refractivity contribution in [2.45, 2.75) is 67.0 Å². The summed E-state index contributed by atoms with van der Waals surface area (Å²) in [7, 11) is 1.78. The first-order valence-electron chi connectivity index (χ1n) is 14.8. The van der Waals surface area contributed by atoms with E-state index in [0.29, 0.717) is 0 Å². The highest BCUT2D eigenvalue weighted by Crippen LogP contribution is 2.63. The Labute approximate surface area is 245 Å². The van der Waals surface area contributed by atoms with Gasteiger partial charge in [0, 0.05) is 33.2 Å². The first-order valence-corrected chi connectivity index (χ1v) is 14.8. The summed E-state index contributed by atoms with van der Waals surface area (Å²) in [6, 6.07) is 27.0. The van der Waals surface area contributed by atoms with Crippen molar-refractivity contribution in [2.75, 3.05) is 16.9 Å². The van der Waals surface area contributed by atoms with Crippen LogP contribution < -0.4 is 14.5 Å². The van der Waals surface area contributed by atoms with E-state index < -0.39 is 0 Å². The molecule has 4 aromatic carbocycles. The minimum atomic E-state index is -0.154. The van der Waals surface area contributed by atoms with Crippen LogP contribution in [0, 0.1) is 26.2 Å². The van der Waals surface area contributed by atoms with E-state index in [4.69, 9.17) is 4.74 Å². The summed E-state index contributed by atoms with van der Waals surface area (Å²) >= 11 is 0. The topological polar surface area (TPSA) is 15.7 Å². The number of hydrogen-bond acceptors (Lipinski definition) is 3. The van der Waals surface area contributed by atoms with Gasteiger partial charge >= 0.3 is 0 Å². The predicted molar refractivity (Wildman–Crippen MR) is 173 cm³/mol. The standard InChI is InChI=1S/C38H40N2O/c1-22-18-20-31-34(23(22)2)40-25(4)39-33-24(3)32(41-9)21-19-30(33)28-16-11-10-14-26(28)27-15-12-13-17-29(27)35(39)36(40)38(7,8)37(31,5)6/h10-21,25H,1-9H3/t25-/m1/s1. The molecule has 0 fully saturated rings. The van der Waals surface area contributed by atoms with Crippen LogP contribution in [0.15, 0.2) is 78.5 Å². The third-order valence-electron chi connectivity index (χ3n) is 10.8. The minimum Gasteiger partial charge on any atom is -0.496 e. The monoisotopic (exact) mass is 540 g/mol. The molecule has 0 radical (unpaired) electrons. The van der Waals surface area contributed by atoms with Crippen molar-refractivity contribution in [1.82, 2.24) is 0 Å². The van der Waals surface area contributed by atoms with Gasteiger partial charge in [0.1, 0.15) is 11.9 Å². The van der Waals surface area contributed by atoms with Crippen LogP contribution in [0.5, 0.6) is 5.75 Å². The Morgan fingerprint density at radius 3 is 1.83 bits per heavy atom. The fourth-order valence-corrected chi connectivity index (χ4v) is 7.73. The highest BCUT2D eigenvalue weighted by atomic mass is 16.5. The molecule has 0 spiro atoms. The van der Waals surface area contributed by atoms with Crippen LogP contribution in [0.3, 0.4) is 0 Å². The highest BCUT2D eigenvalue weighted by Gasteiger charge is 2.56. The summed E-state index contributed by atoms with van der Waals surface area (Å²) in [5.74, 6) is 0.920. The molecule has 1 atom stereocenters. The van der Waals surface area contributed by atoms with Gasteiger partial charge in [-0.05, 0) is 73.2 Å². The van der Waals surface area contributed by atoms with Gasteiger partial charge in [-0.25, -0.2) is 0 Å². The van der Waals surface area contributed by atoms with Gasteiger partial charge in [0.2, 0.25) is 0 Å². The summed E-state index contributed by atoms with van der Waals surface area (Å²) in [5, 5.41) is 0. The third-order valence-corrected chi connectivity index (χ3v) is 10.8. The molecule has 3 nitrogen and oxygen atoms in total. The van der Waals surface area contributed by atoms with Crippen molar-refractivity contribution < 1.29 is 4.74 Å². The van der Waals surface area contributed by atoms with Crippen molar-refractivity contribution in [1.29, 1.82) is 0 Å². The van der Waals surface area contributed by atoms with Gasteiger partial charge in [0.05, 0.1) is 24.2 Å². The summed E-state index contributed by atoms with van der Waals surface area (Å²) in [4.78, 5) is 5.31. The van der Waals surface area contributed by atoms with Crippen LogP contribution in [-0.2, 0) is 5.41 Å². The molecule has 3 aliphatic heterocycles. The van der Waals surface area contributed by atoms with E-state index in [2.05, 4.69) is 138 Å². The molecule has 0 saturated carbocycles. The fourth-order valence-electron chi connectivity index (χ4n) is 7.73. The van der Waals surface area contributed by atoms with Gasteiger partial charge in [-0.15, -0.1) is 0 Å². The molecular formula is C38H40N2O. The Kier molecular flexibility index (Phi) is 5.39. The summed E-state index contributed by atoms with van der Waals surface area (Å²) in [6.07, 6.45) is 0.0671. The maximum Gasteiger partial charge on any atom is 0.123 e. The SMILES string of the molecule is COc1ccc2c(c1C)N1C(=C3N(c4c(ccc(C)c4C)C(C)(C)C3(C)C)[C@@H]1C)c1ccccc1-c1ccccc1-2. The molecule has 0 saturated heterocycles. The molecular weight excluding hydrogens is 500 g/mol. The summed E-state index contributed by atoms with van der Waals surface area (Å²) < 4.78 is 5.95. The normalized spacial score (nSPS) is 19.3. The Bertz CT molecular complexity index is 1790. The van der Waals surface area contributed by atoms with E-state index in [1.165, 1.54) is 72.8 Å². The molecule has 0 N–H and O–H groups in total. The fraction of sp³-hybridized carbons (Fsp3) is 0.316. The predicted octanol–water partition coefficient (Wildman–Crippen LogP) is 9.63. The number of methoxy groups -OCH3 is 1. The molecule has 3 heteroatoms. The van der Waals surface area contributed by atoms with Crippen molar-refractivity contribution in [3.8, 4) is 28.0 Å². The van der Waals surface area contributed by atoms with Gasteiger partial charge in [0.15, 0.2) is 0 Å². The zero-order valence-electron chi connectivity index (χ0n) is 25.8. The Balaban J connectivity index is 1.71. The lowest BCUT2D eigenvalue weighted by Crippen LogP contribution is -2.51. The van der Waals surface area contributed by atoms with Crippen LogP contribution in [0.4, 0.5) is 11.4 Å². The van der Waals surface area contributed by atoms with E-state index in [1.807, 2.05) is 0 Å². The van der Waals surface area contributed by atoms with Crippen LogP contribution >= 0.6 is 0 Å². The van der Waals surface area contributed by atoms with Crippen LogP contribution in [0.2, 0.25) is 0 Å². The van der Waals surface area contributed by atoms with Crippen LogP contribution in [-0.4, -0.2) is 13.3 Å². The highest BCUT2D eigenvalue weighted by molar-refractivity contribution is 6.05. The third kappa shape index (κ3) is 3.15. The summed E-state index contributed by atoms with van der Waals surface area (Å²) in [5.41, 5.74) is 16.7. The maximum atomic E-state index is 5.95. The number of allylic oxidation sites excluding steroid dienone is 1. The van der Waals surface area contributed by atoms with E-state index in [1.54, 1.807) is 7.11 Å². The number of aryl methyl sites for hydroxylation is 1. The zero-order chi connectivity index (χ0) is 29.0. The van der Waals surface area contributed by atoms with Gasteiger partial charge in [-0.3, -0.25) is 0 Å². The van der Waals surface area contributed by atoms with Crippen LogP contribution in [0.1, 0.15) is 62.4 Å². The second-order valence-electron chi connectivity index (χ2n) is 13.1. The molecule has 4 aromatic rings. The van der Waals surface area contributed by atoms with Crippen molar-refractivity contribution in [2.24, 2.45) is 5.41 Å². The molecule has 41 heavy (non-hydrogen) atoms. The lowest BCUT2D eigenvalue weighted by Gasteiger charge is -2.53. The molecule has 7 rings (SSSR count). The molecule has 0 unspecified atom stereocenters. The average Bonchev–Trinajstić information content (AvgIpc) is 3.25. The van der Waals surface area contributed by atoms with E-state index in [0.717, 1.165) is 5.75 Å². The van der Waals surface area contributed by atoms with E-state index in [9.17, 15) is 0 Å². The molecule has 0 aliphatic carbocycles. The van der Waals surface area contributed by atoms with E-state index >= 15 is 0 Å². The molecule has 208 valence electrons. The van der Waals surface area contributed by atoms with Crippen LogP contribution in [0.25, 0.3) is 28.0 Å². The number of benzene rings is 4. The summed E-state index contributed by atoms with van der Waals surface area (Å²) in [6.45, 7) is 18.9. The smallest absolute Gasteiger partial charge is 0.123 e. The second-order valence-corrected chi connectivity index (χ2v) is 13.1. The molecule has 0 bridgehead atoms. The molecule has 3 heterocycles. The number of anilines is 2. The van der Waals surface area contributed by atoms with Crippen molar-refractivity contribution >= 4 is 17.1 Å². The largest absolute Gasteiger partial charge is 0.496 e. The Morgan fingerprint density at radius 1 is 0.610 bits per heavy atom. The first kappa shape index (κ1) is 26.0. The average molecular weight is 541 g/mol.